The van der Waals surface area contributed by atoms with Gasteiger partial charge in [0, 0.05) is 5.69 Å². The molecule has 4 nitrogen and oxygen atoms in total. The molecule has 0 radical (unpaired) electrons. The lowest BCUT2D eigenvalue weighted by molar-refractivity contribution is 0.0697. The molecule has 114 valence electrons. The molecule has 0 aliphatic heterocycles. The Kier molecular flexibility index (Phi) is 5.12. The second-order valence-electron chi connectivity index (χ2n) is 5.07. The van der Waals surface area contributed by atoms with Crippen molar-refractivity contribution in [3.05, 3.63) is 65.2 Å². The van der Waals surface area contributed by atoms with E-state index in [1.807, 2.05) is 44.2 Å². The molecule has 0 fully saturated rings. The van der Waals surface area contributed by atoms with E-state index in [1.165, 1.54) is 0 Å². The third kappa shape index (κ3) is 4.05. The fourth-order valence-corrected chi connectivity index (χ4v) is 2.36. The molecular weight excluding hydrogens is 296 g/mol. The van der Waals surface area contributed by atoms with Crippen LogP contribution in [-0.2, 0) is 0 Å². The summed E-state index contributed by atoms with van der Waals surface area (Å²) in [5, 5.41) is 15.8. The summed E-state index contributed by atoms with van der Waals surface area (Å²) in [6, 6.07) is 14.9. The number of aryl methyl sites for hydroxylation is 1. The van der Waals surface area contributed by atoms with Crippen molar-refractivity contribution in [2.45, 2.75) is 19.9 Å². The van der Waals surface area contributed by atoms with Crippen molar-refractivity contribution < 1.29 is 9.90 Å². The van der Waals surface area contributed by atoms with Gasteiger partial charge in [-0.2, -0.15) is 0 Å². The minimum atomic E-state index is -0.959. The number of carboxylic acid groups (broad SMARTS) is 1. The lowest BCUT2D eigenvalue weighted by Crippen LogP contribution is -2.31. The van der Waals surface area contributed by atoms with Crippen LogP contribution in [0.2, 0.25) is 0 Å². The summed E-state index contributed by atoms with van der Waals surface area (Å²) in [6.07, 6.45) is 0. The lowest BCUT2D eigenvalue weighted by Gasteiger charge is -2.18. The molecule has 2 rings (SSSR count). The largest absolute Gasteiger partial charge is 0.478 e. The summed E-state index contributed by atoms with van der Waals surface area (Å²) in [6.45, 7) is 3.92. The fourth-order valence-electron chi connectivity index (χ4n) is 2.07. The summed E-state index contributed by atoms with van der Waals surface area (Å²) >= 11 is 5.31. The number of benzene rings is 2. The van der Waals surface area contributed by atoms with Crippen LogP contribution in [0.15, 0.2) is 48.5 Å². The van der Waals surface area contributed by atoms with Gasteiger partial charge >= 0.3 is 5.97 Å². The van der Waals surface area contributed by atoms with Crippen LogP contribution in [0.25, 0.3) is 0 Å². The zero-order valence-corrected chi connectivity index (χ0v) is 13.3. The van der Waals surface area contributed by atoms with Crippen molar-refractivity contribution in [2.24, 2.45) is 0 Å². The Morgan fingerprint density at radius 1 is 1.18 bits per heavy atom. The van der Waals surface area contributed by atoms with E-state index in [2.05, 4.69) is 10.6 Å². The third-order valence-corrected chi connectivity index (χ3v) is 3.60. The number of rotatable bonds is 4. The number of aromatic carboxylic acids is 1. The molecule has 0 saturated heterocycles. The number of carbonyl (C=O) groups is 1. The zero-order chi connectivity index (χ0) is 16.1. The van der Waals surface area contributed by atoms with Gasteiger partial charge in [-0.1, -0.05) is 36.4 Å². The van der Waals surface area contributed by atoms with E-state index in [1.54, 1.807) is 18.2 Å². The smallest absolute Gasteiger partial charge is 0.335 e. The van der Waals surface area contributed by atoms with Gasteiger partial charge in [0.25, 0.3) is 0 Å². The average Bonchev–Trinajstić information content (AvgIpc) is 2.50. The highest BCUT2D eigenvalue weighted by atomic mass is 32.1. The molecule has 1 unspecified atom stereocenters. The molecular formula is C17H18N2O2S. The molecule has 0 spiro atoms. The van der Waals surface area contributed by atoms with Crippen LogP contribution in [0.4, 0.5) is 5.69 Å². The second-order valence-corrected chi connectivity index (χ2v) is 5.47. The highest BCUT2D eigenvalue weighted by Gasteiger charge is 2.10. The maximum Gasteiger partial charge on any atom is 0.335 e. The van der Waals surface area contributed by atoms with Gasteiger partial charge < -0.3 is 15.7 Å². The SMILES string of the molecule is Cc1ccc(C(=O)O)cc1NC(=S)NC(C)c1ccccc1. The first-order valence-electron chi connectivity index (χ1n) is 6.94. The Balaban J connectivity index is 2.06. The maximum absolute atomic E-state index is 11.0. The van der Waals surface area contributed by atoms with Crippen molar-refractivity contribution in [3.63, 3.8) is 0 Å². The van der Waals surface area contributed by atoms with Crippen molar-refractivity contribution in [1.29, 1.82) is 0 Å². The van der Waals surface area contributed by atoms with Crippen molar-refractivity contribution in [2.75, 3.05) is 5.32 Å². The normalized spacial score (nSPS) is 11.5. The van der Waals surface area contributed by atoms with E-state index in [-0.39, 0.29) is 11.6 Å². The van der Waals surface area contributed by atoms with E-state index < -0.39 is 5.97 Å². The Bertz CT molecular complexity index is 686. The first-order valence-corrected chi connectivity index (χ1v) is 7.34. The number of hydrogen-bond acceptors (Lipinski definition) is 2. The van der Waals surface area contributed by atoms with Gasteiger partial charge in [0.15, 0.2) is 5.11 Å². The summed E-state index contributed by atoms with van der Waals surface area (Å²) in [5.74, 6) is -0.959. The molecule has 0 bridgehead atoms. The van der Waals surface area contributed by atoms with Crippen molar-refractivity contribution in [3.8, 4) is 0 Å². The van der Waals surface area contributed by atoms with Gasteiger partial charge in [0.05, 0.1) is 11.6 Å². The van der Waals surface area contributed by atoms with Gasteiger partial charge in [-0.15, -0.1) is 0 Å². The summed E-state index contributed by atoms with van der Waals surface area (Å²) in [7, 11) is 0. The monoisotopic (exact) mass is 314 g/mol. The lowest BCUT2D eigenvalue weighted by atomic mass is 10.1. The highest BCUT2D eigenvalue weighted by Crippen LogP contribution is 2.18. The Morgan fingerprint density at radius 3 is 2.50 bits per heavy atom. The van der Waals surface area contributed by atoms with E-state index >= 15 is 0 Å². The van der Waals surface area contributed by atoms with Crippen molar-refractivity contribution in [1.82, 2.24) is 5.32 Å². The second kappa shape index (κ2) is 7.04. The van der Waals surface area contributed by atoms with Crippen LogP contribution in [-0.4, -0.2) is 16.2 Å². The fraction of sp³-hybridized carbons (Fsp3) is 0.176. The highest BCUT2D eigenvalue weighted by molar-refractivity contribution is 7.80. The molecule has 0 aliphatic rings. The van der Waals surface area contributed by atoms with Gasteiger partial charge in [0.2, 0.25) is 0 Å². The summed E-state index contributed by atoms with van der Waals surface area (Å²) in [5.41, 5.74) is 2.98. The summed E-state index contributed by atoms with van der Waals surface area (Å²) in [4.78, 5) is 11.0. The number of anilines is 1. The molecule has 2 aromatic carbocycles. The Morgan fingerprint density at radius 2 is 1.86 bits per heavy atom. The van der Waals surface area contributed by atoms with Gasteiger partial charge in [-0.25, -0.2) is 4.79 Å². The number of hydrogen-bond donors (Lipinski definition) is 3. The van der Waals surface area contributed by atoms with E-state index in [4.69, 9.17) is 17.3 Å². The van der Waals surface area contributed by atoms with E-state index in [9.17, 15) is 4.79 Å². The number of carboxylic acids is 1. The Hall–Kier alpha value is -2.40. The Labute approximate surface area is 135 Å². The van der Waals surface area contributed by atoms with Crippen LogP contribution in [0, 0.1) is 6.92 Å². The minimum Gasteiger partial charge on any atom is -0.478 e. The molecule has 0 heterocycles. The molecule has 0 aromatic heterocycles. The van der Waals surface area contributed by atoms with Crippen LogP contribution in [0.3, 0.4) is 0 Å². The third-order valence-electron chi connectivity index (χ3n) is 3.38. The molecule has 0 saturated carbocycles. The average molecular weight is 314 g/mol. The standard InChI is InChI=1S/C17H18N2O2S/c1-11-8-9-14(16(20)21)10-15(11)19-17(22)18-12(2)13-6-4-3-5-7-13/h3-10,12H,1-2H3,(H,20,21)(H2,18,19,22). The van der Waals surface area contributed by atoms with Crippen LogP contribution in [0.5, 0.6) is 0 Å². The minimum absolute atomic E-state index is 0.0594. The molecule has 0 aliphatic carbocycles. The van der Waals surface area contributed by atoms with E-state index in [0.717, 1.165) is 11.1 Å². The predicted molar refractivity (Wildman–Crippen MR) is 92.4 cm³/mol. The molecule has 0 amide bonds. The number of nitrogens with one attached hydrogen (secondary N) is 2. The maximum atomic E-state index is 11.0. The molecule has 5 heteroatoms. The van der Waals surface area contributed by atoms with Gasteiger partial charge in [-0.05, 0) is 49.3 Å². The first kappa shape index (κ1) is 16.0. The van der Waals surface area contributed by atoms with E-state index in [0.29, 0.717) is 10.8 Å². The quantitative estimate of drug-likeness (QED) is 0.750. The predicted octanol–water partition coefficient (Wildman–Crippen LogP) is 3.74. The van der Waals surface area contributed by atoms with Gasteiger partial charge in [0.1, 0.15) is 0 Å². The topological polar surface area (TPSA) is 61.4 Å². The van der Waals surface area contributed by atoms with Crippen LogP contribution in [0.1, 0.15) is 34.5 Å². The van der Waals surface area contributed by atoms with Crippen LogP contribution < -0.4 is 10.6 Å². The van der Waals surface area contributed by atoms with Gasteiger partial charge in [-0.3, -0.25) is 0 Å². The summed E-state index contributed by atoms with van der Waals surface area (Å²) < 4.78 is 0. The molecule has 2 aromatic rings. The number of thiocarbonyl (C=S) groups is 1. The molecule has 22 heavy (non-hydrogen) atoms. The van der Waals surface area contributed by atoms with Crippen LogP contribution >= 0.6 is 12.2 Å². The first-order chi connectivity index (χ1) is 10.5. The van der Waals surface area contributed by atoms with Crippen molar-refractivity contribution >= 4 is 29.0 Å². The molecule has 3 N–H and O–H groups in total. The zero-order valence-electron chi connectivity index (χ0n) is 12.5. The molecule has 1 atom stereocenters.